The molecule has 0 spiro atoms. The van der Waals surface area contributed by atoms with E-state index >= 15 is 0 Å². The number of oxazole rings is 1. The Hall–Kier alpha value is -3.51. The van der Waals surface area contributed by atoms with Gasteiger partial charge >= 0.3 is 6.09 Å². The van der Waals surface area contributed by atoms with Gasteiger partial charge in [0.05, 0.1) is 23.8 Å². The molecule has 0 radical (unpaired) electrons. The van der Waals surface area contributed by atoms with Crippen LogP contribution >= 0.6 is 0 Å². The molecule has 2 aromatic rings. The SMILES string of the molecule is C=C1C(=CC=C2CCC[C@]3(C)[C@@H]([C@H](C)CC[C@@H](OC(=O)Nc4c(F)c(F)c(F)c(F)c4F)C4(c5ncc(CCCC)o5)CC4)CC[C@@H]23)C[C@@H](O)C[C@@H]1O. The zero-order valence-electron chi connectivity index (χ0n) is 30.8. The number of aryl methyl sites for hydroxylation is 1. The third kappa shape index (κ3) is 7.72. The molecule has 1 amide bonds. The van der Waals surface area contributed by atoms with Crippen LogP contribution < -0.4 is 5.32 Å². The monoisotopic (exact) mass is 746 g/mol. The number of fused-ring (bicyclic) bond motifs is 1. The number of hydrogen-bond donors (Lipinski definition) is 3. The van der Waals surface area contributed by atoms with Crippen LogP contribution in [0.2, 0.25) is 0 Å². The number of aromatic nitrogens is 1. The van der Waals surface area contributed by atoms with Crippen LogP contribution in [0.3, 0.4) is 0 Å². The smallest absolute Gasteiger partial charge is 0.412 e. The molecule has 1 aromatic heterocycles. The highest BCUT2D eigenvalue weighted by atomic mass is 19.2. The van der Waals surface area contributed by atoms with E-state index in [0.29, 0.717) is 74.0 Å². The Kier molecular flexibility index (Phi) is 11.6. The van der Waals surface area contributed by atoms with Gasteiger partial charge in [0.15, 0.2) is 23.3 Å². The lowest BCUT2D eigenvalue weighted by Crippen LogP contribution is -2.37. The molecule has 4 aliphatic rings. The van der Waals surface area contributed by atoms with Crippen LogP contribution in [-0.4, -0.2) is 39.6 Å². The predicted octanol–water partition coefficient (Wildman–Crippen LogP) is 9.92. The van der Waals surface area contributed by atoms with Gasteiger partial charge in [-0.3, -0.25) is 5.32 Å². The van der Waals surface area contributed by atoms with E-state index in [1.54, 1.807) is 11.5 Å². The molecule has 0 unspecified atom stereocenters. The van der Waals surface area contributed by atoms with Crippen LogP contribution in [0, 0.1) is 52.3 Å². The lowest BCUT2D eigenvalue weighted by Gasteiger charge is -2.44. The van der Waals surface area contributed by atoms with Crippen molar-refractivity contribution in [2.45, 2.75) is 134 Å². The maximum absolute atomic E-state index is 14.5. The Morgan fingerprint density at radius 1 is 1.08 bits per heavy atom. The van der Waals surface area contributed by atoms with Crippen molar-refractivity contribution < 1.29 is 46.1 Å². The molecule has 4 fully saturated rings. The number of ether oxygens (including phenoxy) is 1. The summed E-state index contributed by atoms with van der Waals surface area (Å²) in [5.41, 5.74) is 0.692. The van der Waals surface area contributed by atoms with E-state index < -0.39 is 64.6 Å². The van der Waals surface area contributed by atoms with E-state index in [0.717, 1.165) is 50.5 Å². The van der Waals surface area contributed by atoms with Crippen LogP contribution in [0.4, 0.5) is 32.4 Å². The van der Waals surface area contributed by atoms with E-state index in [2.05, 4.69) is 38.4 Å². The molecular weight excluding hydrogens is 695 g/mol. The van der Waals surface area contributed by atoms with E-state index in [-0.39, 0.29) is 11.3 Å². The van der Waals surface area contributed by atoms with Crippen LogP contribution in [0.1, 0.15) is 116 Å². The Morgan fingerprint density at radius 2 is 1.77 bits per heavy atom. The number of nitrogens with one attached hydrogen (secondary N) is 1. The first-order chi connectivity index (χ1) is 25.2. The summed E-state index contributed by atoms with van der Waals surface area (Å²) in [7, 11) is 0. The summed E-state index contributed by atoms with van der Waals surface area (Å²) in [5, 5.41) is 22.3. The topological polar surface area (TPSA) is 105 Å². The summed E-state index contributed by atoms with van der Waals surface area (Å²) in [6.45, 7) is 10.7. The molecule has 1 heterocycles. The number of hydrogen-bond acceptors (Lipinski definition) is 6. The van der Waals surface area contributed by atoms with Gasteiger partial charge in [0.1, 0.15) is 17.6 Å². The zero-order chi connectivity index (χ0) is 38.2. The Bertz CT molecular complexity index is 1740. The second-order valence-corrected chi connectivity index (χ2v) is 16.1. The van der Waals surface area contributed by atoms with Gasteiger partial charge in [-0.15, -0.1) is 0 Å². The first kappa shape index (κ1) is 39.2. The molecule has 53 heavy (non-hydrogen) atoms. The number of rotatable bonds is 12. The number of carbonyl (C=O) groups is 1. The Labute approximate surface area is 307 Å². The quantitative estimate of drug-likeness (QED) is 0.114. The number of allylic oxidation sites excluding steroid dienone is 3. The average Bonchev–Trinajstić information content (AvgIpc) is 3.65. The van der Waals surface area contributed by atoms with Gasteiger partial charge < -0.3 is 19.4 Å². The van der Waals surface area contributed by atoms with Crippen LogP contribution in [0.15, 0.2) is 46.1 Å². The molecular formula is C41H51F5N2O5. The van der Waals surface area contributed by atoms with E-state index in [1.165, 1.54) is 5.57 Å². The Morgan fingerprint density at radius 3 is 2.45 bits per heavy atom. The summed E-state index contributed by atoms with van der Waals surface area (Å²) in [6, 6.07) is 0. The highest BCUT2D eigenvalue weighted by molar-refractivity contribution is 5.85. The Balaban J connectivity index is 1.20. The largest absolute Gasteiger partial charge is 0.445 e. The average molecular weight is 747 g/mol. The standard InChI is InChI=1S/C41H51F5N2O5/c1-5-6-9-27-21-47-38(52-27)41(17-18-41)31(53-39(51)48-37-35(45)33(43)32(42)34(44)36(37)46)15-10-22(2)28-13-14-29-24(8-7-16-40(28,29)4)11-12-25-19-26(49)20-30(50)23(25)3/h11-12,21-22,26,28-31,49-50H,3,5-10,13-20H2,1-2,4H3,(H,48,51)/t22-,26-,28-,29+,30+,31-,40-/m1/s1. The number of benzene rings is 1. The number of anilines is 1. The number of amides is 1. The maximum Gasteiger partial charge on any atom is 0.412 e. The van der Waals surface area contributed by atoms with Crippen molar-refractivity contribution in [3.8, 4) is 0 Å². The fourth-order valence-electron chi connectivity index (χ4n) is 9.53. The molecule has 290 valence electrons. The number of aliphatic hydroxyl groups is 2. The second kappa shape index (κ2) is 15.7. The summed E-state index contributed by atoms with van der Waals surface area (Å²) in [6.07, 6.45) is 13.0. The van der Waals surface area contributed by atoms with E-state index in [9.17, 15) is 37.0 Å². The molecule has 0 bridgehead atoms. The zero-order valence-corrected chi connectivity index (χ0v) is 30.8. The van der Waals surface area contributed by atoms with E-state index in [4.69, 9.17) is 9.15 Å². The lowest BCUT2D eigenvalue weighted by atomic mass is 9.60. The molecule has 12 heteroatoms. The second-order valence-electron chi connectivity index (χ2n) is 16.1. The third-order valence-electron chi connectivity index (χ3n) is 12.7. The minimum absolute atomic E-state index is 0.0259. The highest BCUT2D eigenvalue weighted by Gasteiger charge is 2.57. The lowest BCUT2D eigenvalue weighted by molar-refractivity contribution is 0.0537. The minimum Gasteiger partial charge on any atom is -0.445 e. The molecule has 1 aromatic carbocycles. The molecule has 0 saturated heterocycles. The fourth-order valence-corrected chi connectivity index (χ4v) is 9.53. The molecule has 7 atom stereocenters. The fraction of sp³-hybridized carbons (Fsp3) is 0.610. The predicted molar refractivity (Wildman–Crippen MR) is 189 cm³/mol. The molecule has 4 aliphatic carbocycles. The molecule has 7 nitrogen and oxygen atoms in total. The van der Waals surface area contributed by atoms with Gasteiger partial charge in [0.25, 0.3) is 0 Å². The number of nitrogens with zero attached hydrogens (tertiary/aromatic N) is 1. The van der Waals surface area contributed by atoms with Gasteiger partial charge in [-0.2, -0.15) is 0 Å². The normalized spacial score (nSPS) is 29.3. The summed E-state index contributed by atoms with van der Waals surface area (Å²) < 4.78 is 82.5. The van der Waals surface area contributed by atoms with Crippen LogP contribution in [-0.2, 0) is 16.6 Å². The van der Waals surface area contributed by atoms with Gasteiger partial charge in [-0.25, -0.2) is 31.7 Å². The van der Waals surface area contributed by atoms with Crippen molar-refractivity contribution in [3.63, 3.8) is 0 Å². The third-order valence-corrected chi connectivity index (χ3v) is 12.7. The maximum atomic E-state index is 14.5. The molecule has 3 N–H and O–H groups in total. The van der Waals surface area contributed by atoms with Gasteiger partial charge in [-0.1, -0.05) is 51.5 Å². The molecule has 4 saturated carbocycles. The summed E-state index contributed by atoms with van der Waals surface area (Å²) in [5.74, 6) is -8.91. The van der Waals surface area contributed by atoms with Crippen molar-refractivity contribution in [2.24, 2.45) is 23.2 Å². The first-order valence-electron chi connectivity index (χ1n) is 19.1. The van der Waals surface area contributed by atoms with Crippen molar-refractivity contribution in [2.75, 3.05) is 5.32 Å². The van der Waals surface area contributed by atoms with Gasteiger partial charge in [0, 0.05) is 12.8 Å². The van der Waals surface area contributed by atoms with Crippen molar-refractivity contribution >= 4 is 11.8 Å². The van der Waals surface area contributed by atoms with Crippen molar-refractivity contribution in [1.82, 2.24) is 4.98 Å². The number of aliphatic hydroxyl groups excluding tert-OH is 2. The molecule has 0 aliphatic heterocycles. The number of unbranched alkanes of at least 4 members (excludes halogenated alkanes) is 1. The van der Waals surface area contributed by atoms with Gasteiger partial charge in [-0.05, 0) is 105 Å². The number of halogens is 5. The first-order valence-corrected chi connectivity index (χ1v) is 19.1. The minimum atomic E-state index is -2.32. The van der Waals surface area contributed by atoms with E-state index in [1.807, 2.05) is 6.08 Å². The molecule has 6 rings (SSSR count). The summed E-state index contributed by atoms with van der Waals surface area (Å²) >= 11 is 0. The van der Waals surface area contributed by atoms with Crippen LogP contribution in [0.25, 0.3) is 0 Å². The van der Waals surface area contributed by atoms with Crippen LogP contribution in [0.5, 0.6) is 0 Å². The van der Waals surface area contributed by atoms with Crippen molar-refractivity contribution in [1.29, 1.82) is 0 Å². The van der Waals surface area contributed by atoms with Gasteiger partial charge in [0.2, 0.25) is 11.7 Å². The number of carbonyl (C=O) groups excluding carboxylic acids is 1. The van der Waals surface area contributed by atoms with Crippen molar-refractivity contribution in [3.05, 3.63) is 82.4 Å². The summed E-state index contributed by atoms with van der Waals surface area (Å²) in [4.78, 5) is 17.7. The highest BCUT2D eigenvalue weighted by Crippen LogP contribution is 2.60.